The number of carbonyl (C=O) groups excluding carboxylic acids is 5. The van der Waals surface area contributed by atoms with E-state index in [-0.39, 0.29) is 24.7 Å². The number of imidazole rings is 1. The van der Waals surface area contributed by atoms with E-state index in [0.29, 0.717) is 29.9 Å². The van der Waals surface area contributed by atoms with Crippen molar-refractivity contribution in [2.24, 2.45) is 5.92 Å². The molecule has 2 unspecified atom stereocenters. The van der Waals surface area contributed by atoms with Gasteiger partial charge < -0.3 is 35.9 Å². The molecule has 36 heavy (non-hydrogen) atoms. The molecular weight excluding hydrogens is 470 g/mol. The van der Waals surface area contributed by atoms with E-state index in [4.69, 9.17) is 4.74 Å². The van der Waals surface area contributed by atoms with E-state index in [1.54, 1.807) is 18.2 Å². The number of hydrogen-bond acceptors (Lipinski definition) is 7. The standard InChI is InChI=1S/C23H31N7O6/c1-12(2)10-14(27-22(34)19-26-13-6-5-7-16(36-4)17(13)29-19)20(32)28-15(18(31)21(33)24-3)11-30-9-8-25-23(30)35/h5-7,12,14-15H,8-11H2,1-4H3,(H,24,33)(H,25,35)(H,26,29)(H,27,34)(H,28,32). The molecule has 3 rings (SSSR count). The third kappa shape index (κ3) is 6.09. The first-order valence-corrected chi connectivity index (χ1v) is 11.6. The molecule has 2 aromatic rings. The summed E-state index contributed by atoms with van der Waals surface area (Å²) in [6.45, 7) is 4.28. The Balaban J connectivity index is 1.79. The van der Waals surface area contributed by atoms with E-state index < -0.39 is 41.6 Å². The van der Waals surface area contributed by atoms with Gasteiger partial charge in [0.1, 0.15) is 23.3 Å². The van der Waals surface area contributed by atoms with E-state index in [1.807, 2.05) is 13.8 Å². The van der Waals surface area contributed by atoms with Gasteiger partial charge in [0, 0.05) is 20.1 Å². The summed E-state index contributed by atoms with van der Waals surface area (Å²) in [5.41, 5.74) is 1.06. The zero-order valence-corrected chi connectivity index (χ0v) is 20.6. The number of ketones is 1. The quantitative estimate of drug-likeness (QED) is 0.259. The van der Waals surface area contributed by atoms with Crippen LogP contribution in [0.25, 0.3) is 11.0 Å². The molecule has 0 radical (unpaired) electrons. The van der Waals surface area contributed by atoms with Crippen LogP contribution < -0.4 is 26.0 Å². The number of H-pyrrole nitrogens is 1. The number of aromatic amines is 1. The summed E-state index contributed by atoms with van der Waals surface area (Å²) in [7, 11) is 2.79. The number of urea groups is 1. The zero-order valence-electron chi connectivity index (χ0n) is 20.6. The van der Waals surface area contributed by atoms with E-state index >= 15 is 0 Å². The molecule has 1 saturated heterocycles. The highest BCUT2D eigenvalue weighted by Gasteiger charge is 2.34. The zero-order chi connectivity index (χ0) is 26.4. The summed E-state index contributed by atoms with van der Waals surface area (Å²) in [4.78, 5) is 71.4. The summed E-state index contributed by atoms with van der Waals surface area (Å²) < 4.78 is 5.27. The molecule has 194 valence electrons. The van der Waals surface area contributed by atoms with Crippen molar-refractivity contribution in [1.29, 1.82) is 0 Å². The van der Waals surface area contributed by atoms with Crippen LogP contribution in [-0.4, -0.2) is 90.3 Å². The van der Waals surface area contributed by atoms with Crippen molar-refractivity contribution in [3.63, 3.8) is 0 Å². The van der Waals surface area contributed by atoms with Crippen molar-refractivity contribution in [3.8, 4) is 5.75 Å². The first kappa shape index (κ1) is 26.4. The maximum atomic E-state index is 13.2. The SMILES string of the molecule is CNC(=O)C(=O)C(CN1CCNC1=O)NC(=O)C(CC(C)C)NC(=O)c1nc2c(OC)cccc2[nH]1. The maximum absolute atomic E-state index is 13.2. The van der Waals surface area contributed by atoms with Crippen LogP contribution in [0.3, 0.4) is 0 Å². The highest BCUT2D eigenvalue weighted by molar-refractivity contribution is 6.38. The normalized spacial score (nSPS) is 14.8. The van der Waals surface area contributed by atoms with Crippen molar-refractivity contribution in [1.82, 2.24) is 36.1 Å². The number of benzene rings is 1. The monoisotopic (exact) mass is 501 g/mol. The number of amides is 5. The molecule has 0 bridgehead atoms. The summed E-state index contributed by atoms with van der Waals surface area (Å²) >= 11 is 0. The molecular formula is C23H31N7O6. The number of likely N-dealkylation sites (N-methyl/N-ethyl adjacent to an activating group) is 1. The van der Waals surface area contributed by atoms with E-state index in [2.05, 4.69) is 31.2 Å². The van der Waals surface area contributed by atoms with Gasteiger partial charge in [-0.1, -0.05) is 19.9 Å². The highest BCUT2D eigenvalue weighted by atomic mass is 16.5. The molecule has 1 fully saturated rings. The Morgan fingerprint density at radius 2 is 1.92 bits per heavy atom. The number of fused-ring (bicyclic) bond motifs is 1. The molecule has 0 spiro atoms. The molecule has 1 aliphatic heterocycles. The lowest BCUT2D eigenvalue weighted by Gasteiger charge is -2.26. The Labute approximate surface area is 207 Å². The molecule has 0 saturated carbocycles. The van der Waals surface area contributed by atoms with Gasteiger partial charge in [0.05, 0.1) is 19.2 Å². The van der Waals surface area contributed by atoms with E-state index in [9.17, 15) is 24.0 Å². The number of para-hydroxylation sites is 1. The Hall–Kier alpha value is -4.16. The van der Waals surface area contributed by atoms with Gasteiger partial charge in [-0.05, 0) is 24.5 Å². The number of hydrogen-bond donors (Lipinski definition) is 5. The van der Waals surface area contributed by atoms with Gasteiger partial charge in [0.15, 0.2) is 5.82 Å². The predicted molar refractivity (Wildman–Crippen MR) is 129 cm³/mol. The second-order valence-electron chi connectivity index (χ2n) is 8.78. The van der Waals surface area contributed by atoms with Crippen molar-refractivity contribution in [2.75, 3.05) is 33.8 Å². The minimum Gasteiger partial charge on any atom is -0.494 e. The Bertz CT molecular complexity index is 1160. The minimum atomic E-state index is -1.29. The van der Waals surface area contributed by atoms with Crippen LogP contribution in [0.1, 0.15) is 30.9 Å². The van der Waals surface area contributed by atoms with Gasteiger partial charge in [0.25, 0.3) is 11.8 Å². The van der Waals surface area contributed by atoms with Gasteiger partial charge >= 0.3 is 6.03 Å². The molecule has 1 aliphatic rings. The third-order valence-corrected chi connectivity index (χ3v) is 5.67. The van der Waals surface area contributed by atoms with Crippen molar-refractivity contribution < 1.29 is 28.7 Å². The molecule has 13 nitrogen and oxygen atoms in total. The summed E-state index contributed by atoms with van der Waals surface area (Å²) in [5, 5.41) is 10.1. The summed E-state index contributed by atoms with van der Waals surface area (Å²) in [6, 6.07) is 2.49. The summed E-state index contributed by atoms with van der Waals surface area (Å²) in [5.74, 6) is -2.60. The van der Waals surface area contributed by atoms with Gasteiger partial charge in [-0.15, -0.1) is 0 Å². The second-order valence-corrected chi connectivity index (χ2v) is 8.78. The fourth-order valence-electron chi connectivity index (χ4n) is 3.86. The molecule has 1 aromatic heterocycles. The first-order valence-electron chi connectivity index (χ1n) is 11.6. The number of ether oxygens (including phenoxy) is 1. The molecule has 0 aliphatic carbocycles. The number of Topliss-reactive ketones (excluding diaryl/α,β-unsaturated/α-hetero) is 1. The van der Waals surface area contributed by atoms with Crippen LogP contribution in [0.2, 0.25) is 0 Å². The van der Waals surface area contributed by atoms with Gasteiger partial charge in [-0.2, -0.15) is 0 Å². The minimum absolute atomic E-state index is 0.00858. The van der Waals surface area contributed by atoms with Gasteiger partial charge in [-0.3, -0.25) is 19.2 Å². The molecule has 2 atom stereocenters. The summed E-state index contributed by atoms with van der Waals surface area (Å²) in [6.07, 6.45) is 0.256. The number of rotatable bonds is 11. The smallest absolute Gasteiger partial charge is 0.317 e. The molecule has 2 heterocycles. The van der Waals surface area contributed by atoms with Crippen molar-refractivity contribution >= 4 is 40.6 Å². The van der Waals surface area contributed by atoms with Gasteiger partial charge in [0.2, 0.25) is 11.7 Å². The third-order valence-electron chi connectivity index (χ3n) is 5.67. The lowest BCUT2D eigenvalue weighted by Crippen LogP contribution is -2.57. The average molecular weight is 502 g/mol. The van der Waals surface area contributed by atoms with Crippen LogP contribution >= 0.6 is 0 Å². The van der Waals surface area contributed by atoms with Crippen LogP contribution in [0, 0.1) is 5.92 Å². The van der Waals surface area contributed by atoms with Crippen LogP contribution in [-0.2, 0) is 14.4 Å². The van der Waals surface area contributed by atoms with Crippen LogP contribution in [0.4, 0.5) is 4.79 Å². The van der Waals surface area contributed by atoms with Gasteiger partial charge in [-0.25, -0.2) is 9.78 Å². The van der Waals surface area contributed by atoms with Crippen LogP contribution in [0.15, 0.2) is 18.2 Å². The van der Waals surface area contributed by atoms with Crippen molar-refractivity contribution in [3.05, 3.63) is 24.0 Å². The highest BCUT2D eigenvalue weighted by Crippen LogP contribution is 2.23. The molecule has 1 aromatic carbocycles. The fourth-order valence-corrected chi connectivity index (χ4v) is 3.86. The topological polar surface area (TPSA) is 175 Å². The Morgan fingerprint density at radius 1 is 1.17 bits per heavy atom. The predicted octanol–water partition coefficient (Wildman–Crippen LogP) is -0.459. The fraction of sp³-hybridized carbons (Fsp3) is 0.478. The average Bonchev–Trinajstić information content (AvgIpc) is 3.47. The number of nitrogens with one attached hydrogen (secondary N) is 5. The Morgan fingerprint density at radius 3 is 2.53 bits per heavy atom. The van der Waals surface area contributed by atoms with E-state index in [0.717, 1.165) is 0 Å². The molecule has 13 heteroatoms. The number of aromatic nitrogens is 2. The lowest BCUT2D eigenvalue weighted by molar-refractivity contribution is -0.140. The number of nitrogens with zero attached hydrogens (tertiary/aromatic N) is 2. The lowest BCUT2D eigenvalue weighted by atomic mass is 10.0. The van der Waals surface area contributed by atoms with Crippen molar-refractivity contribution in [2.45, 2.75) is 32.4 Å². The number of methoxy groups -OCH3 is 1. The molecule has 5 amide bonds. The number of carbonyl (C=O) groups is 5. The second kappa shape index (κ2) is 11.5. The van der Waals surface area contributed by atoms with E-state index in [1.165, 1.54) is 19.1 Å². The Kier molecular flexibility index (Phi) is 8.46. The van der Waals surface area contributed by atoms with Crippen LogP contribution in [0.5, 0.6) is 5.75 Å². The first-order chi connectivity index (χ1) is 17.1. The largest absolute Gasteiger partial charge is 0.494 e. The molecule has 5 N–H and O–H groups in total. The maximum Gasteiger partial charge on any atom is 0.317 e.